The van der Waals surface area contributed by atoms with Gasteiger partial charge in [-0.1, -0.05) is 18.8 Å². The van der Waals surface area contributed by atoms with Gasteiger partial charge in [0.1, 0.15) is 54.4 Å². The normalized spacial score (nSPS) is 34.8. The number of fused-ring (bicyclic) bond motifs is 5. The number of H-pyrrole nitrogens is 1. The van der Waals surface area contributed by atoms with Gasteiger partial charge in [0, 0.05) is 12.6 Å². The predicted molar refractivity (Wildman–Crippen MR) is 167 cm³/mol. The van der Waals surface area contributed by atoms with Crippen LogP contribution in [0.5, 0.6) is 0 Å². The van der Waals surface area contributed by atoms with E-state index in [-0.39, 0.29) is 28.6 Å². The highest BCUT2D eigenvalue weighted by Crippen LogP contribution is 2.53. The number of phosphoric ester groups is 2. The molecule has 50 heavy (non-hydrogen) atoms. The van der Waals surface area contributed by atoms with Gasteiger partial charge in [-0.15, -0.1) is 0 Å². The molecule has 3 fully saturated rings. The van der Waals surface area contributed by atoms with Crippen molar-refractivity contribution in [3.8, 4) is 11.8 Å². The summed E-state index contributed by atoms with van der Waals surface area (Å²) in [7, 11) is -10.2. The largest absolute Gasteiger partial charge is 0.472 e. The number of aliphatic hydroxyl groups excluding tert-OH is 2. The maximum Gasteiger partial charge on any atom is 0.472 e. The van der Waals surface area contributed by atoms with Crippen molar-refractivity contribution < 1.29 is 56.7 Å². The Balaban J connectivity index is 1.21. The summed E-state index contributed by atoms with van der Waals surface area (Å²) in [6, 6.07) is 0. The van der Waals surface area contributed by atoms with Crippen LogP contribution in [0, 0.1) is 11.8 Å². The quantitative estimate of drug-likeness (QED) is 0.102. The number of rotatable bonds is 3. The molecule has 0 saturated carbocycles. The fourth-order valence-corrected chi connectivity index (χ4v) is 7.82. The molecule has 4 aromatic rings. The first kappa shape index (κ1) is 34.6. The Morgan fingerprint density at radius 2 is 1.66 bits per heavy atom. The van der Waals surface area contributed by atoms with Crippen LogP contribution in [0.15, 0.2) is 23.6 Å². The van der Waals surface area contributed by atoms with Crippen LogP contribution in [-0.2, 0) is 36.7 Å². The Morgan fingerprint density at radius 3 is 2.40 bits per heavy atom. The maximum atomic E-state index is 13.3. The number of hydrogen-bond acceptors (Lipinski definition) is 17. The lowest BCUT2D eigenvalue weighted by Gasteiger charge is -2.25. The maximum absolute atomic E-state index is 13.3. The molecule has 9 N–H and O–H groups in total. The van der Waals surface area contributed by atoms with E-state index in [0.717, 1.165) is 17.3 Å². The molecule has 24 heteroatoms. The Labute approximate surface area is 280 Å². The number of nitrogens with two attached hydrogens (primary N) is 2. The summed E-state index contributed by atoms with van der Waals surface area (Å²) in [6.45, 7) is 0.297. The van der Waals surface area contributed by atoms with E-state index in [1.165, 1.54) is 17.1 Å². The number of anilines is 2. The van der Waals surface area contributed by atoms with Crippen LogP contribution in [0.25, 0.3) is 22.2 Å². The van der Waals surface area contributed by atoms with Crippen LogP contribution in [0.2, 0.25) is 0 Å². The van der Waals surface area contributed by atoms with E-state index in [1.807, 2.05) is 6.92 Å². The molecule has 4 aromatic heterocycles. The molecule has 3 aliphatic rings. The van der Waals surface area contributed by atoms with Crippen LogP contribution >= 0.6 is 15.6 Å². The fraction of sp³-hybridized carbons (Fsp3) is 0.500. The molecule has 2 unspecified atom stereocenters. The van der Waals surface area contributed by atoms with E-state index in [0.29, 0.717) is 17.4 Å². The summed E-state index contributed by atoms with van der Waals surface area (Å²) >= 11 is 0. The predicted octanol–water partition coefficient (Wildman–Crippen LogP) is -0.585. The summed E-state index contributed by atoms with van der Waals surface area (Å²) in [4.78, 5) is 52.5. The van der Waals surface area contributed by atoms with Gasteiger partial charge in [-0.05, 0) is 6.42 Å². The van der Waals surface area contributed by atoms with Crippen LogP contribution in [0.4, 0.5) is 11.8 Å². The summed E-state index contributed by atoms with van der Waals surface area (Å²) in [5.74, 6) is 5.82. The van der Waals surface area contributed by atoms with Gasteiger partial charge in [-0.25, -0.2) is 24.1 Å². The molecule has 7 heterocycles. The third-order valence-electron chi connectivity index (χ3n) is 8.17. The lowest BCUT2D eigenvalue weighted by molar-refractivity contribution is -0.0671. The molecule has 10 atom stereocenters. The number of ether oxygens (including phenoxy) is 2. The van der Waals surface area contributed by atoms with E-state index >= 15 is 0 Å². The minimum atomic E-state index is -5.14. The second kappa shape index (κ2) is 13.1. The van der Waals surface area contributed by atoms with Gasteiger partial charge >= 0.3 is 15.6 Å². The second-order valence-corrected chi connectivity index (χ2v) is 14.3. The number of imidazole rings is 1. The first-order valence-corrected chi connectivity index (χ1v) is 18.1. The van der Waals surface area contributed by atoms with Gasteiger partial charge in [0.2, 0.25) is 5.95 Å². The molecule has 22 nitrogen and oxygen atoms in total. The molecule has 3 saturated heterocycles. The zero-order valence-electron chi connectivity index (χ0n) is 25.9. The smallest absolute Gasteiger partial charge is 0.387 e. The Bertz CT molecular complexity index is 2160. The zero-order valence-corrected chi connectivity index (χ0v) is 27.7. The minimum absolute atomic E-state index is 0.0999. The Morgan fingerprint density at radius 1 is 0.960 bits per heavy atom. The number of aromatic amines is 1. The summed E-state index contributed by atoms with van der Waals surface area (Å²) in [5.41, 5.74) is 11.4. The Kier molecular flexibility index (Phi) is 9.05. The Hall–Kier alpha value is -3.81. The number of nitrogens with zero attached hydrogens (tertiary/aromatic N) is 6. The van der Waals surface area contributed by atoms with Crippen LogP contribution in [0.3, 0.4) is 0 Å². The van der Waals surface area contributed by atoms with Crippen molar-refractivity contribution in [1.29, 1.82) is 0 Å². The highest BCUT2D eigenvalue weighted by Gasteiger charge is 2.54. The van der Waals surface area contributed by atoms with Gasteiger partial charge in [-0.2, -0.15) is 4.98 Å². The molecule has 0 spiro atoms. The summed E-state index contributed by atoms with van der Waals surface area (Å²) < 4.78 is 62.1. The van der Waals surface area contributed by atoms with Crippen LogP contribution in [-0.4, -0.2) is 104 Å². The van der Waals surface area contributed by atoms with E-state index in [4.69, 9.17) is 39.0 Å². The third-order valence-corrected chi connectivity index (χ3v) is 10.1. The first-order chi connectivity index (χ1) is 23.8. The van der Waals surface area contributed by atoms with E-state index in [9.17, 15) is 33.9 Å². The number of hydrogen-bond donors (Lipinski definition) is 7. The van der Waals surface area contributed by atoms with Gasteiger partial charge in [0.15, 0.2) is 23.6 Å². The van der Waals surface area contributed by atoms with Crippen molar-refractivity contribution in [3.63, 3.8) is 0 Å². The molecule has 0 aliphatic carbocycles. The second-order valence-electron chi connectivity index (χ2n) is 11.5. The van der Waals surface area contributed by atoms with Crippen molar-refractivity contribution in [3.05, 3.63) is 34.8 Å². The highest BCUT2D eigenvalue weighted by atomic mass is 31.2. The lowest BCUT2D eigenvalue weighted by atomic mass is 10.1. The minimum Gasteiger partial charge on any atom is -0.387 e. The number of nitrogens with one attached hydrogen (secondary N) is 1. The summed E-state index contributed by atoms with van der Waals surface area (Å²) in [5, 5.41) is 22.9. The number of nitrogen functional groups attached to an aromatic ring is 2. The van der Waals surface area contributed by atoms with Gasteiger partial charge in [0.05, 0.1) is 30.5 Å². The summed E-state index contributed by atoms with van der Waals surface area (Å²) in [6.07, 6.45) is -7.58. The number of aliphatic hydroxyl groups is 2. The fourth-order valence-electron chi connectivity index (χ4n) is 5.92. The van der Waals surface area contributed by atoms with Crippen LogP contribution in [0.1, 0.15) is 37.8 Å². The average Bonchev–Trinajstić information content (AvgIpc) is 3.79. The highest BCUT2D eigenvalue weighted by molar-refractivity contribution is 7.47. The first-order valence-electron chi connectivity index (χ1n) is 15.1. The zero-order chi connectivity index (χ0) is 35.5. The van der Waals surface area contributed by atoms with Gasteiger partial charge in [0.25, 0.3) is 5.56 Å². The average molecular weight is 740 g/mol. The number of phosphoric acid groups is 2. The topological polar surface area (TPSA) is 317 Å². The van der Waals surface area contributed by atoms with Crippen molar-refractivity contribution in [2.45, 2.75) is 68.8 Å². The monoisotopic (exact) mass is 739 g/mol. The lowest BCUT2D eigenvalue weighted by Crippen LogP contribution is -2.36. The molecule has 0 radical (unpaired) electrons. The van der Waals surface area contributed by atoms with Gasteiger partial charge < -0.3 is 45.5 Å². The molecular formula is C26H31N9O13P2. The number of aromatic nitrogens is 7. The van der Waals surface area contributed by atoms with E-state index in [1.54, 1.807) is 0 Å². The van der Waals surface area contributed by atoms with Crippen molar-refractivity contribution in [1.82, 2.24) is 34.1 Å². The standard InChI is InChI=1S/C26H31N9O13P2/c1-2-3-4-5-11-6-34(21-14(11)20(27)29-9-30-21)24-17(37)18-13(46-24)8-44-50(41,42)48-19-16(36)12(7-43-49(39,40)47-18)45-25(19)35-10-31-15-22(35)32-26(28)33-23(15)38/h6,9-10,12-13,16-19,24-25,36-37H,2-3,7-8H2,1H3,(H,39,40)(H,41,42)(H2,27,29,30)(H3,28,32,33,38)/t12-,13-,16-,17-,18-,19-,24-,25-/m1/s1. The van der Waals surface area contributed by atoms with E-state index in [2.05, 4.69) is 36.8 Å². The molecule has 7 rings (SSSR count). The van der Waals surface area contributed by atoms with Crippen LogP contribution < -0.4 is 17.0 Å². The molecule has 0 amide bonds. The van der Waals surface area contributed by atoms with Crippen molar-refractivity contribution >= 4 is 49.6 Å². The van der Waals surface area contributed by atoms with E-state index < -0.39 is 83.5 Å². The SMILES string of the molecule is CCCC#Cc1cn([C@@H]2O[C@@H]3COP(=O)(O)O[C@@H]4[C@H](O)[C@@H](COP(=O)(O)O[C@H]3[C@H]2O)O[C@H]4n2cnc3c(=O)[nH]c(N)nc32)c2ncnc(N)c12. The third kappa shape index (κ3) is 6.32. The molecule has 3 aliphatic heterocycles. The number of unbranched alkanes of at least 4 members (excludes halogenated alkanes) is 1. The van der Waals surface area contributed by atoms with Gasteiger partial charge in [-0.3, -0.25) is 32.4 Å². The molecule has 268 valence electrons. The van der Waals surface area contributed by atoms with Crippen molar-refractivity contribution in [2.75, 3.05) is 24.7 Å². The van der Waals surface area contributed by atoms with Crippen molar-refractivity contribution in [2.24, 2.45) is 0 Å². The molecule has 0 aromatic carbocycles. The molecule has 2 bridgehead atoms. The molecular weight excluding hydrogens is 708 g/mol.